The highest BCUT2D eigenvalue weighted by molar-refractivity contribution is 9.10. The molecule has 5 heteroatoms. The first-order valence-electron chi connectivity index (χ1n) is 6.50. The number of ether oxygens (including phenoxy) is 1. The van der Waals surface area contributed by atoms with Gasteiger partial charge in [0.25, 0.3) is 0 Å². The van der Waals surface area contributed by atoms with Crippen molar-refractivity contribution in [2.45, 2.75) is 20.0 Å². The summed E-state index contributed by atoms with van der Waals surface area (Å²) < 4.78 is 6.38. The van der Waals surface area contributed by atoms with Crippen molar-refractivity contribution in [3.8, 4) is 5.75 Å². The molecule has 0 saturated heterocycles. The van der Waals surface area contributed by atoms with Gasteiger partial charge < -0.3 is 9.84 Å². The van der Waals surface area contributed by atoms with Gasteiger partial charge in [-0.15, -0.1) is 0 Å². The van der Waals surface area contributed by atoms with Gasteiger partial charge >= 0.3 is 0 Å². The maximum atomic E-state index is 10.5. The average Bonchev–Trinajstić information content (AvgIpc) is 2.45. The number of rotatable bonds is 4. The highest BCUT2D eigenvalue weighted by atomic mass is 79.9. The Morgan fingerprint density at radius 2 is 1.90 bits per heavy atom. The van der Waals surface area contributed by atoms with E-state index in [1.165, 1.54) is 0 Å². The van der Waals surface area contributed by atoms with E-state index in [-0.39, 0.29) is 0 Å². The van der Waals surface area contributed by atoms with Crippen LogP contribution < -0.4 is 4.74 Å². The third-order valence-electron chi connectivity index (χ3n) is 3.14. The second-order valence-corrected chi connectivity index (χ2v) is 6.32. The fourth-order valence-corrected chi connectivity index (χ4v) is 2.77. The molecular weight excluding hydrogens is 375 g/mol. The third-order valence-corrected chi connectivity index (χ3v) is 4.66. The van der Waals surface area contributed by atoms with Crippen LogP contribution in [-0.2, 0) is 0 Å². The zero-order valence-corrected chi connectivity index (χ0v) is 14.8. The van der Waals surface area contributed by atoms with E-state index in [9.17, 15) is 5.11 Å². The Bertz CT molecular complexity index is 659. The normalized spacial score (nSPS) is 12.3. The molecular formula is C16H15BrCl2O2. The number of hydrogen-bond donors (Lipinski definition) is 1. The van der Waals surface area contributed by atoms with Crippen molar-refractivity contribution in [1.82, 2.24) is 0 Å². The van der Waals surface area contributed by atoms with Crippen molar-refractivity contribution >= 4 is 39.1 Å². The highest BCUT2D eigenvalue weighted by Crippen LogP contribution is 2.36. The van der Waals surface area contributed by atoms with Gasteiger partial charge in [-0.2, -0.15) is 0 Å². The van der Waals surface area contributed by atoms with E-state index in [2.05, 4.69) is 15.9 Å². The predicted molar refractivity (Wildman–Crippen MR) is 90.6 cm³/mol. The molecule has 1 unspecified atom stereocenters. The van der Waals surface area contributed by atoms with Gasteiger partial charge in [0.05, 0.1) is 16.7 Å². The molecule has 0 radical (unpaired) electrons. The second-order valence-electron chi connectivity index (χ2n) is 4.65. The molecule has 2 aromatic carbocycles. The van der Waals surface area contributed by atoms with Gasteiger partial charge in [0, 0.05) is 16.1 Å². The van der Waals surface area contributed by atoms with E-state index in [0.29, 0.717) is 28.0 Å². The maximum Gasteiger partial charge on any atom is 0.139 e. The lowest BCUT2D eigenvalue weighted by Gasteiger charge is -2.16. The number of hydrogen-bond acceptors (Lipinski definition) is 2. The third kappa shape index (κ3) is 3.72. The zero-order valence-electron chi connectivity index (χ0n) is 11.7. The first-order valence-corrected chi connectivity index (χ1v) is 8.04. The number of aliphatic hydroxyl groups excluding tert-OH is 1. The summed E-state index contributed by atoms with van der Waals surface area (Å²) in [7, 11) is 0. The van der Waals surface area contributed by atoms with Crippen LogP contribution >= 0.6 is 39.1 Å². The molecule has 0 saturated carbocycles. The minimum atomic E-state index is -0.836. The Morgan fingerprint density at radius 1 is 1.19 bits per heavy atom. The quantitative estimate of drug-likeness (QED) is 0.743. The molecule has 0 amide bonds. The van der Waals surface area contributed by atoms with Gasteiger partial charge in [-0.05, 0) is 37.1 Å². The highest BCUT2D eigenvalue weighted by Gasteiger charge is 2.17. The summed E-state index contributed by atoms with van der Waals surface area (Å²) in [5, 5.41) is 11.4. The first kappa shape index (κ1) is 16.6. The molecule has 0 aromatic heterocycles. The molecule has 21 heavy (non-hydrogen) atoms. The minimum absolute atomic E-state index is 0.427. The Balaban J connectivity index is 2.40. The van der Waals surface area contributed by atoms with E-state index in [4.69, 9.17) is 27.9 Å². The summed E-state index contributed by atoms with van der Waals surface area (Å²) in [4.78, 5) is 0. The van der Waals surface area contributed by atoms with Crippen molar-refractivity contribution in [2.75, 3.05) is 6.61 Å². The van der Waals surface area contributed by atoms with Crippen LogP contribution in [0, 0.1) is 6.92 Å². The molecule has 0 fully saturated rings. The molecule has 0 heterocycles. The monoisotopic (exact) mass is 388 g/mol. The number of benzene rings is 2. The lowest BCUT2D eigenvalue weighted by molar-refractivity contribution is 0.220. The molecule has 1 N–H and O–H groups in total. The Morgan fingerprint density at radius 3 is 2.52 bits per heavy atom. The van der Waals surface area contributed by atoms with E-state index < -0.39 is 6.10 Å². The standard InChI is InChI=1S/C16H15BrCl2O2/c1-3-21-15-8-13(18)11(7-14(15)19)16(20)10-4-5-12(17)9(2)6-10/h4-8,16,20H,3H2,1-2H3. The molecule has 0 aliphatic carbocycles. The van der Waals surface area contributed by atoms with Gasteiger partial charge in [0.2, 0.25) is 0 Å². The number of aliphatic hydroxyl groups is 1. The van der Waals surface area contributed by atoms with Crippen LogP contribution in [0.25, 0.3) is 0 Å². The summed E-state index contributed by atoms with van der Waals surface area (Å²) in [5.41, 5.74) is 2.37. The smallest absolute Gasteiger partial charge is 0.139 e. The van der Waals surface area contributed by atoms with Crippen LogP contribution in [0.15, 0.2) is 34.8 Å². The van der Waals surface area contributed by atoms with Crippen molar-refractivity contribution in [3.63, 3.8) is 0 Å². The molecule has 2 aromatic rings. The Hall–Kier alpha value is -0.740. The van der Waals surface area contributed by atoms with Crippen LogP contribution in [-0.4, -0.2) is 11.7 Å². The van der Waals surface area contributed by atoms with Crippen molar-refractivity contribution in [3.05, 3.63) is 61.5 Å². The van der Waals surface area contributed by atoms with Crippen molar-refractivity contribution in [2.24, 2.45) is 0 Å². The molecule has 112 valence electrons. The van der Waals surface area contributed by atoms with Crippen LogP contribution in [0.4, 0.5) is 0 Å². The van der Waals surface area contributed by atoms with Crippen molar-refractivity contribution in [1.29, 1.82) is 0 Å². The number of aryl methyl sites for hydroxylation is 1. The molecule has 2 nitrogen and oxygen atoms in total. The molecule has 0 aliphatic rings. The van der Waals surface area contributed by atoms with Crippen molar-refractivity contribution < 1.29 is 9.84 Å². The number of halogens is 3. The fraction of sp³-hybridized carbons (Fsp3) is 0.250. The van der Waals surface area contributed by atoms with Gasteiger partial charge in [-0.3, -0.25) is 0 Å². The Labute approximate surface area is 142 Å². The summed E-state index contributed by atoms with van der Waals surface area (Å²) in [6.07, 6.45) is -0.836. The van der Waals surface area contributed by atoms with Gasteiger partial charge in [-0.1, -0.05) is 51.3 Å². The fourth-order valence-electron chi connectivity index (χ4n) is 2.04. The van der Waals surface area contributed by atoms with E-state index in [1.807, 2.05) is 32.0 Å². The van der Waals surface area contributed by atoms with Crippen LogP contribution in [0.2, 0.25) is 10.0 Å². The summed E-state index contributed by atoms with van der Waals surface area (Å²) in [5.74, 6) is 0.520. The lowest BCUT2D eigenvalue weighted by Crippen LogP contribution is -2.02. The van der Waals surface area contributed by atoms with E-state index in [0.717, 1.165) is 15.6 Å². The first-order chi connectivity index (χ1) is 9.93. The van der Waals surface area contributed by atoms with Crippen LogP contribution in [0.3, 0.4) is 0 Å². The van der Waals surface area contributed by atoms with Crippen LogP contribution in [0.1, 0.15) is 29.7 Å². The minimum Gasteiger partial charge on any atom is -0.492 e. The van der Waals surface area contributed by atoms with Crippen LogP contribution in [0.5, 0.6) is 5.75 Å². The summed E-state index contributed by atoms with van der Waals surface area (Å²) in [6.45, 7) is 4.34. The largest absolute Gasteiger partial charge is 0.492 e. The summed E-state index contributed by atoms with van der Waals surface area (Å²) >= 11 is 15.9. The van der Waals surface area contributed by atoms with Gasteiger partial charge in [0.1, 0.15) is 11.9 Å². The average molecular weight is 390 g/mol. The molecule has 2 rings (SSSR count). The molecule has 0 aliphatic heterocycles. The topological polar surface area (TPSA) is 29.5 Å². The van der Waals surface area contributed by atoms with Gasteiger partial charge in [0.15, 0.2) is 0 Å². The molecule has 1 atom stereocenters. The van der Waals surface area contributed by atoms with E-state index >= 15 is 0 Å². The maximum absolute atomic E-state index is 10.5. The Kier molecular flexibility index (Phi) is 5.55. The lowest BCUT2D eigenvalue weighted by atomic mass is 10.00. The van der Waals surface area contributed by atoms with E-state index in [1.54, 1.807) is 12.1 Å². The summed E-state index contributed by atoms with van der Waals surface area (Å²) in [6, 6.07) is 8.95. The molecule has 0 spiro atoms. The SMILES string of the molecule is CCOc1cc(Cl)c(C(O)c2ccc(Br)c(C)c2)cc1Cl. The molecule has 0 bridgehead atoms. The zero-order chi connectivity index (χ0) is 15.6. The van der Waals surface area contributed by atoms with Gasteiger partial charge in [-0.25, -0.2) is 0 Å². The predicted octanol–water partition coefficient (Wildman–Crippen LogP) is 5.54. The second kappa shape index (κ2) is 7.01.